The zero-order chi connectivity index (χ0) is 17.9. The largest absolute Gasteiger partial charge is 0.308 e. The summed E-state index contributed by atoms with van der Waals surface area (Å²) < 4.78 is 27.3. The summed E-state index contributed by atoms with van der Waals surface area (Å²) in [6, 6.07) is 13.6. The average Bonchev–Trinajstić information content (AvgIpc) is 2.60. The summed E-state index contributed by atoms with van der Waals surface area (Å²) in [6.07, 6.45) is 0.924. The monoisotopic (exact) mass is 397 g/mol. The zero-order valence-corrected chi connectivity index (χ0v) is 15.6. The van der Waals surface area contributed by atoms with Crippen LogP contribution in [0.15, 0.2) is 48.5 Å². The van der Waals surface area contributed by atoms with Crippen LogP contribution >= 0.6 is 12.4 Å². The Balaban J connectivity index is 0.00000243. The number of benzene rings is 2. The van der Waals surface area contributed by atoms with Crippen LogP contribution in [-0.4, -0.2) is 26.4 Å². The minimum absolute atomic E-state index is 0. The number of nitro groups is 1. The summed E-state index contributed by atoms with van der Waals surface area (Å²) in [6.45, 7) is 1.04. The Hall–Kier alpha value is -2.00. The minimum atomic E-state index is -3.59. The van der Waals surface area contributed by atoms with E-state index < -0.39 is 14.9 Å². The van der Waals surface area contributed by atoms with E-state index in [1.165, 1.54) is 23.8 Å². The highest BCUT2D eigenvalue weighted by Gasteiger charge is 2.21. The van der Waals surface area contributed by atoms with Crippen molar-refractivity contribution in [3.8, 4) is 0 Å². The highest BCUT2D eigenvalue weighted by Crippen LogP contribution is 2.22. The molecule has 1 atom stereocenters. The van der Waals surface area contributed by atoms with Crippen molar-refractivity contribution in [3.63, 3.8) is 0 Å². The van der Waals surface area contributed by atoms with Crippen molar-refractivity contribution in [1.82, 2.24) is 10.0 Å². The smallest absolute Gasteiger partial charge is 0.269 e. The second kappa shape index (κ2) is 8.59. The van der Waals surface area contributed by atoms with Crippen molar-refractivity contribution in [2.75, 3.05) is 13.1 Å². The van der Waals surface area contributed by atoms with Crippen LogP contribution in [0.2, 0.25) is 0 Å². The van der Waals surface area contributed by atoms with Gasteiger partial charge in [-0.15, -0.1) is 12.4 Å². The Labute approximate surface area is 158 Å². The van der Waals surface area contributed by atoms with Crippen LogP contribution in [0.5, 0.6) is 0 Å². The lowest BCUT2D eigenvalue weighted by Crippen LogP contribution is -2.39. The molecule has 9 heteroatoms. The van der Waals surface area contributed by atoms with Crippen molar-refractivity contribution in [3.05, 3.63) is 75.3 Å². The first kappa shape index (κ1) is 20.3. The van der Waals surface area contributed by atoms with Gasteiger partial charge in [-0.25, -0.2) is 13.1 Å². The SMILES string of the molecule is Cl.O=[N+]([O-])c1cccc(CS(=O)(=O)NCC2NCCc3ccccc32)c1. The first-order valence-electron chi connectivity index (χ1n) is 7.96. The topological polar surface area (TPSA) is 101 Å². The average molecular weight is 398 g/mol. The lowest BCUT2D eigenvalue weighted by atomic mass is 9.95. The van der Waals surface area contributed by atoms with E-state index in [9.17, 15) is 18.5 Å². The highest BCUT2D eigenvalue weighted by molar-refractivity contribution is 7.88. The summed E-state index contributed by atoms with van der Waals surface area (Å²) >= 11 is 0. The number of nitrogens with zero attached hydrogens (tertiary/aromatic N) is 1. The molecule has 140 valence electrons. The van der Waals surface area contributed by atoms with Crippen molar-refractivity contribution >= 4 is 28.1 Å². The van der Waals surface area contributed by atoms with Gasteiger partial charge in [0, 0.05) is 24.7 Å². The Kier molecular flexibility index (Phi) is 6.71. The maximum Gasteiger partial charge on any atom is 0.269 e. The molecule has 26 heavy (non-hydrogen) atoms. The molecule has 7 nitrogen and oxygen atoms in total. The third-order valence-corrected chi connectivity index (χ3v) is 5.52. The Bertz CT molecular complexity index is 889. The van der Waals surface area contributed by atoms with Gasteiger partial charge in [0.05, 0.1) is 10.7 Å². The molecule has 0 radical (unpaired) electrons. The number of nitrogens with one attached hydrogen (secondary N) is 2. The number of sulfonamides is 1. The number of hydrogen-bond donors (Lipinski definition) is 2. The first-order chi connectivity index (χ1) is 11.9. The summed E-state index contributed by atoms with van der Waals surface area (Å²) in [5.41, 5.74) is 2.60. The van der Waals surface area contributed by atoms with E-state index in [2.05, 4.69) is 16.1 Å². The summed E-state index contributed by atoms with van der Waals surface area (Å²) in [4.78, 5) is 10.3. The van der Waals surface area contributed by atoms with Crippen LogP contribution in [0.1, 0.15) is 22.7 Å². The van der Waals surface area contributed by atoms with Crippen LogP contribution < -0.4 is 10.0 Å². The highest BCUT2D eigenvalue weighted by atomic mass is 35.5. The molecule has 0 amide bonds. The number of nitro benzene ring substituents is 1. The quantitative estimate of drug-likeness (QED) is 0.575. The van der Waals surface area contributed by atoms with E-state index in [1.54, 1.807) is 6.07 Å². The predicted molar refractivity (Wildman–Crippen MR) is 102 cm³/mol. The van der Waals surface area contributed by atoms with Gasteiger partial charge in [0.2, 0.25) is 10.0 Å². The fourth-order valence-electron chi connectivity index (χ4n) is 3.02. The zero-order valence-electron chi connectivity index (χ0n) is 13.9. The lowest BCUT2D eigenvalue weighted by molar-refractivity contribution is -0.384. The molecular weight excluding hydrogens is 378 g/mol. The van der Waals surface area contributed by atoms with Gasteiger partial charge in [0.25, 0.3) is 5.69 Å². The van der Waals surface area contributed by atoms with Crippen molar-refractivity contribution < 1.29 is 13.3 Å². The maximum atomic E-state index is 12.3. The van der Waals surface area contributed by atoms with Crippen molar-refractivity contribution in [2.24, 2.45) is 0 Å². The molecule has 3 rings (SSSR count). The molecule has 1 aliphatic heterocycles. The van der Waals surface area contributed by atoms with Gasteiger partial charge in [0.15, 0.2) is 0 Å². The lowest BCUT2D eigenvalue weighted by Gasteiger charge is -2.27. The normalized spacial score (nSPS) is 16.4. The van der Waals surface area contributed by atoms with Crippen molar-refractivity contribution in [1.29, 1.82) is 0 Å². The molecule has 0 fully saturated rings. The summed E-state index contributed by atoms with van der Waals surface area (Å²) in [5, 5.41) is 14.1. The molecule has 0 bridgehead atoms. The molecule has 0 aromatic heterocycles. The molecule has 2 N–H and O–H groups in total. The molecule has 1 unspecified atom stereocenters. The summed E-state index contributed by atoms with van der Waals surface area (Å²) in [5.74, 6) is -0.289. The van der Waals surface area contributed by atoms with Gasteiger partial charge in [-0.1, -0.05) is 36.4 Å². The van der Waals surface area contributed by atoms with Gasteiger partial charge in [-0.2, -0.15) is 0 Å². The van der Waals surface area contributed by atoms with Crippen LogP contribution in [0, 0.1) is 10.1 Å². The predicted octanol–water partition coefficient (Wildman–Crippen LogP) is 2.32. The first-order valence-corrected chi connectivity index (χ1v) is 9.62. The van der Waals surface area contributed by atoms with Gasteiger partial charge < -0.3 is 5.32 Å². The fraction of sp³-hybridized carbons (Fsp3) is 0.294. The summed E-state index contributed by atoms with van der Waals surface area (Å²) in [7, 11) is -3.59. The van der Waals surface area contributed by atoms with Crippen molar-refractivity contribution in [2.45, 2.75) is 18.2 Å². The van der Waals surface area contributed by atoms with Gasteiger partial charge in [-0.05, 0) is 29.7 Å². The molecular formula is C17H20ClN3O4S. The molecule has 1 aliphatic rings. The second-order valence-corrected chi connectivity index (χ2v) is 7.80. The Morgan fingerprint density at radius 2 is 1.96 bits per heavy atom. The Morgan fingerprint density at radius 1 is 1.19 bits per heavy atom. The van der Waals surface area contributed by atoms with E-state index >= 15 is 0 Å². The number of hydrogen-bond acceptors (Lipinski definition) is 5. The van der Waals surface area contributed by atoms with E-state index in [1.807, 2.05) is 18.2 Å². The van der Waals surface area contributed by atoms with Crippen LogP contribution in [-0.2, 0) is 22.2 Å². The number of rotatable bonds is 6. The number of non-ortho nitro benzene ring substituents is 1. The van der Waals surface area contributed by atoms with E-state index in [-0.39, 0.29) is 36.4 Å². The van der Waals surface area contributed by atoms with Crippen LogP contribution in [0.3, 0.4) is 0 Å². The standard InChI is InChI=1S/C17H19N3O4S.ClH/c21-20(22)15-6-3-4-13(10-15)12-25(23,24)19-11-17-16-7-2-1-5-14(16)8-9-18-17;/h1-7,10,17-19H,8-9,11-12H2;1H. The molecule has 0 saturated heterocycles. The van der Waals surface area contributed by atoms with E-state index in [0.717, 1.165) is 18.5 Å². The molecule has 2 aromatic rings. The van der Waals surface area contributed by atoms with Gasteiger partial charge in [0.1, 0.15) is 0 Å². The number of fused-ring (bicyclic) bond motifs is 1. The molecule has 1 heterocycles. The maximum absolute atomic E-state index is 12.3. The Morgan fingerprint density at radius 3 is 2.73 bits per heavy atom. The van der Waals surface area contributed by atoms with Crippen LogP contribution in [0.4, 0.5) is 5.69 Å². The van der Waals surface area contributed by atoms with E-state index in [4.69, 9.17) is 0 Å². The van der Waals surface area contributed by atoms with Gasteiger partial charge >= 0.3 is 0 Å². The molecule has 2 aromatic carbocycles. The molecule has 0 spiro atoms. The third-order valence-electron chi connectivity index (χ3n) is 4.20. The second-order valence-electron chi connectivity index (χ2n) is 5.99. The minimum Gasteiger partial charge on any atom is -0.308 e. The third kappa shape index (κ3) is 5.01. The number of halogens is 1. The molecule has 0 saturated carbocycles. The van der Waals surface area contributed by atoms with Gasteiger partial charge in [-0.3, -0.25) is 10.1 Å². The van der Waals surface area contributed by atoms with E-state index in [0.29, 0.717) is 5.56 Å². The van der Waals surface area contributed by atoms with Crippen LogP contribution in [0.25, 0.3) is 0 Å². The fourth-order valence-corrected chi connectivity index (χ4v) is 4.16. The molecule has 0 aliphatic carbocycles.